The summed E-state index contributed by atoms with van der Waals surface area (Å²) in [6.45, 7) is 2.10. The van der Waals surface area contributed by atoms with Gasteiger partial charge in [-0.25, -0.2) is 4.98 Å². The van der Waals surface area contributed by atoms with Crippen LogP contribution in [-0.4, -0.2) is 9.38 Å². The first-order valence-electron chi connectivity index (χ1n) is 7.50. The molecule has 0 N–H and O–H groups in total. The number of ether oxygens (including phenoxy) is 1. The van der Waals surface area contributed by atoms with E-state index in [0.717, 1.165) is 24.1 Å². The SMILES string of the molecule is CCCC(Oc1cc(Cl)ccc1C#N)c1ccn2ccnc2c1. The highest BCUT2D eigenvalue weighted by Crippen LogP contribution is 2.30. The summed E-state index contributed by atoms with van der Waals surface area (Å²) in [5.74, 6) is 0.515. The van der Waals surface area contributed by atoms with Crippen molar-refractivity contribution in [1.29, 1.82) is 5.26 Å². The van der Waals surface area contributed by atoms with Crippen LogP contribution in [0.1, 0.15) is 37.0 Å². The van der Waals surface area contributed by atoms with Crippen LogP contribution in [0.2, 0.25) is 5.02 Å². The number of rotatable bonds is 5. The number of pyridine rings is 1. The van der Waals surface area contributed by atoms with Crippen molar-refractivity contribution in [3.63, 3.8) is 0 Å². The smallest absolute Gasteiger partial charge is 0.139 e. The predicted molar refractivity (Wildman–Crippen MR) is 89.6 cm³/mol. The van der Waals surface area contributed by atoms with Gasteiger partial charge in [0.15, 0.2) is 0 Å². The summed E-state index contributed by atoms with van der Waals surface area (Å²) in [6, 6.07) is 11.2. The number of halogens is 1. The van der Waals surface area contributed by atoms with E-state index in [1.165, 1.54) is 0 Å². The first kappa shape index (κ1) is 15.4. The third kappa shape index (κ3) is 3.30. The van der Waals surface area contributed by atoms with Gasteiger partial charge in [-0.2, -0.15) is 5.26 Å². The first-order chi connectivity index (χ1) is 11.2. The van der Waals surface area contributed by atoms with E-state index >= 15 is 0 Å². The van der Waals surface area contributed by atoms with Gasteiger partial charge in [0, 0.05) is 29.7 Å². The van der Waals surface area contributed by atoms with Crippen LogP contribution in [0.15, 0.2) is 48.9 Å². The Morgan fingerprint density at radius 2 is 2.17 bits per heavy atom. The van der Waals surface area contributed by atoms with Gasteiger partial charge in [0.25, 0.3) is 0 Å². The maximum atomic E-state index is 9.25. The molecule has 2 heterocycles. The number of fused-ring (bicyclic) bond motifs is 1. The molecule has 0 spiro atoms. The summed E-state index contributed by atoms with van der Waals surface area (Å²) in [7, 11) is 0. The summed E-state index contributed by atoms with van der Waals surface area (Å²) in [4.78, 5) is 4.31. The lowest BCUT2D eigenvalue weighted by atomic mass is 10.1. The normalized spacial score (nSPS) is 12.0. The van der Waals surface area contributed by atoms with Crippen molar-refractivity contribution in [1.82, 2.24) is 9.38 Å². The number of hydrogen-bond acceptors (Lipinski definition) is 3. The van der Waals surface area contributed by atoms with Crippen molar-refractivity contribution in [2.24, 2.45) is 0 Å². The minimum Gasteiger partial charge on any atom is -0.484 e. The molecule has 4 nitrogen and oxygen atoms in total. The lowest BCUT2D eigenvalue weighted by Gasteiger charge is -2.20. The van der Waals surface area contributed by atoms with Gasteiger partial charge in [-0.1, -0.05) is 24.9 Å². The molecule has 3 rings (SSSR count). The van der Waals surface area contributed by atoms with Crippen LogP contribution in [0.25, 0.3) is 5.65 Å². The van der Waals surface area contributed by atoms with Gasteiger partial charge < -0.3 is 9.14 Å². The Labute approximate surface area is 139 Å². The number of imidazole rings is 1. The fraction of sp³-hybridized carbons (Fsp3) is 0.222. The number of benzene rings is 1. The van der Waals surface area contributed by atoms with Gasteiger partial charge in [-0.15, -0.1) is 0 Å². The number of aromatic nitrogens is 2. The number of nitrogens with zero attached hydrogens (tertiary/aromatic N) is 3. The van der Waals surface area contributed by atoms with E-state index < -0.39 is 0 Å². The summed E-state index contributed by atoms with van der Waals surface area (Å²) in [6.07, 6.45) is 7.29. The van der Waals surface area contributed by atoms with Gasteiger partial charge in [-0.3, -0.25) is 0 Å². The zero-order chi connectivity index (χ0) is 16.2. The van der Waals surface area contributed by atoms with E-state index in [-0.39, 0.29) is 6.10 Å². The molecule has 1 aromatic carbocycles. The van der Waals surface area contributed by atoms with Crippen molar-refractivity contribution in [2.75, 3.05) is 0 Å². The van der Waals surface area contributed by atoms with Crippen molar-refractivity contribution >= 4 is 17.2 Å². The largest absolute Gasteiger partial charge is 0.484 e. The molecule has 0 saturated carbocycles. The number of hydrogen-bond donors (Lipinski definition) is 0. The lowest BCUT2D eigenvalue weighted by Crippen LogP contribution is -2.09. The Balaban J connectivity index is 1.95. The number of nitriles is 1. The molecule has 0 aliphatic rings. The van der Waals surface area contributed by atoms with Crippen LogP contribution in [-0.2, 0) is 0 Å². The molecule has 0 amide bonds. The molecule has 0 saturated heterocycles. The van der Waals surface area contributed by atoms with Crippen molar-refractivity contribution in [3.8, 4) is 11.8 Å². The van der Waals surface area contributed by atoms with Crippen molar-refractivity contribution < 1.29 is 4.74 Å². The molecule has 0 aliphatic carbocycles. The summed E-state index contributed by atoms with van der Waals surface area (Å²) >= 11 is 6.04. The van der Waals surface area contributed by atoms with E-state index in [2.05, 4.69) is 18.0 Å². The molecule has 0 fully saturated rings. The third-order valence-electron chi connectivity index (χ3n) is 3.68. The molecule has 1 unspecified atom stereocenters. The van der Waals surface area contributed by atoms with Crippen LogP contribution < -0.4 is 4.74 Å². The standard InChI is InChI=1S/C18H16ClN3O/c1-2-3-16(13-6-8-22-9-7-21-18(22)10-13)23-17-11-15(19)5-4-14(17)12-20/h4-11,16H,2-3H2,1H3. The van der Waals surface area contributed by atoms with Gasteiger partial charge in [0.2, 0.25) is 0 Å². The molecule has 5 heteroatoms. The highest BCUT2D eigenvalue weighted by Gasteiger charge is 2.16. The third-order valence-corrected chi connectivity index (χ3v) is 3.91. The average Bonchev–Trinajstić information content (AvgIpc) is 3.02. The summed E-state index contributed by atoms with van der Waals surface area (Å²) in [5, 5.41) is 9.80. The second-order valence-electron chi connectivity index (χ2n) is 5.30. The molecule has 23 heavy (non-hydrogen) atoms. The maximum absolute atomic E-state index is 9.25. The van der Waals surface area contributed by atoms with Crippen LogP contribution >= 0.6 is 11.6 Å². The van der Waals surface area contributed by atoms with Crippen molar-refractivity contribution in [3.05, 3.63) is 65.1 Å². The second-order valence-corrected chi connectivity index (χ2v) is 5.74. The van der Waals surface area contributed by atoms with Gasteiger partial charge in [-0.05, 0) is 36.2 Å². The van der Waals surface area contributed by atoms with E-state index in [4.69, 9.17) is 16.3 Å². The Morgan fingerprint density at radius 3 is 2.96 bits per heavy atom. The fourth-order valence-corrected chi connectivity index (χ4v) is 2.68. The molecule has 116 valence electrons. The molecule has 3 aromatic rings. The highest BCUT2D eigenvalue weighted by atomic mass is 35.5. The Hall–Kier alpha value is -2.51. The highest BCUT2D eigenvalue weighted by molar-refractivity contribution is 6.30. The van der Waals surface area contributed by atoms with E-state index in [1.807, 2.05) is 28.9 Å². The summed E-state index contributed by atoms with van der Waals surface area (Å²) < 4.78 is 8.08. The Kier molecular flexibility index (Phi) is 4.50. The zero-order valence-corrected chi connectivity index (χ0v) is 13.5. The van der Waals surface area contributed by atoms with Gasteiger partial charge in [0.05, 0.1) is 5.56 Å². The van der Waals surface area contributed by atoms with E-state index in [1.54, 1.807) is 24.4 Å². The lowest BCUT2D eigenvalue weighted by molar-refractivity contribution is 0.193. The molecule has 0 aliphatic heterocycles. The minimum absolute atomic E-state index is 0.146. The van der Waals surface area contributed by atoms with Crippen LogP contribution in [0, 0.1) is 11.3 Å². The van der Waals surface area contributed by atoms with E-state index in [9.17, 15) is 5.26 Å². The molecule has 2 aromatic heterocycles. The van der Waals surface area contributed by atoms with Crippen LogP contribution in [0.3, 0.4) is 0 Å². The zero-order valence-electron chi connectivity index (χ0n) is 12.7. The van der Waals surface area contributed by atoms with E-state index in [0.29, 0.717) is 16.3 Å². The average molecular weight is 326 g/mol. The second kappa shape index (κ2) is 6.72. The first-order valence-corrected chi connectivity index (χ1v) is 7.88. The Morgan fingerprint density at radius 1 is 1.30 bits per heavy atom. The molecular weight excluding hydrogens is 310 g/mol. The molecule has 0 bridgehead atoms. The van der Waals surface area contributed by atoms with Crippen LogP contribution in [0.5, 0.6) is 5.75 Å². The monoisotopic (exact) mass is 325 g/mol. The molecule has 0 radical (unpaired) electrons. The minimum atomic E-state index is -0.146. The maximum Gasteiger partial charge on any atom is 0.139 e. The Bertz CT molecular complexity index is 866. The quantitative estimate of drug-likeness (QED) is 0.678. The van der Waals surface area contributed by atoms with Crippen LogP contribution in [0.4, 0.5) is 0 Å². The fourth-order valence-electron chi connectivity index (χ4n) is 2.52. The van der Waals surface area contributed by atoms with Crippen molar-refractivity contribution in [2.45, 2.75) is 25.9 Å². The topological polar surface area (TPSA) is 50.3 Å². The van der Waals surface area contributed by atoms with Gasteiger partial charge in [0.1, 0.15) is 23.6 Å². The summed E-state index contributed by atoms with van der Waals surface area (Å²) in [5.41, 5.74) is 2.39. The molecule has 1 atom stereocenters. The predicted octanol–water partition coefficient (Wildman–Crippen LogP) is 4.78. The van der Waals surface area contributed by atoms with Gasteiger partial charge >= 0.3 is 0 Å². The molecular formula is C18H16ClN3O.